The maximum absolute atomic E-state index is 5.85. The molecule has 0 radical (unpaired) electrons. The quantitative estimate of drug-likeness (QED) is 0.641. The highest BCUT2D eigenvalue weighted by atomic mass is 79.9. The van der Waals surface area contributed by atoms with Crippen LogP contribution >= 0.6 is 15.9 Å². The number of allylic oxidation sites excluding steroid dienone is 1. The molecular weight excluding hydrogens is 356 g/mol. The van der Waals surface area contributed by atoms with Gasteiger partial charge in [-0.05, 0) is 42.3 Å². The van der Waals surface area contributed by atoms with Gasteiger partial charge in [0.1, 0.15) is 12.4 Å². The number of hydrogen-bond donors (Lipinski definition) is 1. The number of aromatic amines is 1. The van der Waals surface area contributed by atoms with Crippen LogP contribution in [0.15, 0.2) is 53.5 Å². The Morgan fingerprint density at radius 2 is 2.09 bits per heavy atom. The molecule has 0 bridgehead atoms. The lowest BCUT2D eigenvalue weighted by molar-refractivity contribution is 0.277. The zero-order valence-electron chi connectivity index (χ0n) is 12.8. The van der Waals surface area contributed by atoms with Crippen molar-refractivity contribution in [2.45, 2.75) is 13.0 Å². The number of methoxy groups -OCH3 is 1. The summed E-state index contributed by atoms with van der Waals surface area (Å²) in [5, 5.41) is 0. The summed E-state index contributed by atoms with van der Waals surface area (Å²) in [4.78, 5) is 7.77. The van der Waals surface area contributed by atoms with Crippen molar-refractivity contribution in [3.8, 4) is 11.5 Å². The first-order valence-electron chi connectivity index (χ1n) is 7.24. The Kier molecular flexibility index (Phi) is 4.67. The van der Waals surface area contributed by atoms with Gasteiger partial charge in [-0.25, -0.2) is 4.98 Å². The van der Waals surface area contributed by atoms with Crippen LogP contribution in [0.5, 0.6) is 11.5 Å². The van der Waals surface area contributed by atoms with Gasteiger partial charge in [0.05, 0.1) is 18.1 Å². The minimum absolute atomic E-state index is 0.351. The standard InChI is InChI=1S/C18H17BrN2O2/c1-3-4-12-5-8-16(17(9-12)22-2)23-11-18-20-14-7-6-13(19)10-15(14)21-18/h3,5-10H,1,4,11H2,2H3,(H,20,21). The van der Waals surface area contributed by atoms with Crippen LogP contribution < -0.4 is 9.47 Å². The summed E-state index contributed by atoms with van der Waals surface area (Å²) in [6.45, 7) is 4.10. The molecule has 3 aromatic rings. The van der Waals surface area contributed by atoms with Crippen LogP contribution in [0.4, 0.5) is 0 Å². The number of imidazole rings is 1. The molecular formula is C18H17BrN2O2. The summed E-state index contributed by atoms with van der Waals surface area (Å²) in [7, 11) is 1.64. The Balaban J connectivity index is 1.77. The first-order chi connectivity index (χ1) is 11.2. The fourth-order valence-corrected chi connectivity index (χ4v) is 2.74. The highest BCUT2D eigenvalue weighted by Crippen LogP contribution is 2.29. The molecule has 23 heavy (non-hydrogen) atoms. The van der Waals surface area contributed by atoms with Crippen molar-refractivity contribution < 1.29 is 9.47 Å². The number of rotatable bonds is 6. The lowest BCUT2D eigenvalue weighted by Crippen LogP contribution is -2.00. The first kappa shape index (κ1) is 15.6. The summed E-state index contributed by atoms with van der Waals surface area (Å²) >= 11 is 3.45. The molecule has 0 fully saturated rings. The molecule has 1 aromatic heterocycles. The minimum atomic E-state index is 0.351. The summed E-state index contributed by atoms with van der Waals surface area (Å²) in [6.07, 6.45) is 2.66. The van der Waals surface area contributed by atoms with Crippen molar-refractivity contribution in [2.24, 2.45) is 0 Å². The third-order valence-corrected chi connectivity index (χ3v) is 3.96. The van der Waals surface area contributed by atoms with Crippen LogP contribution in [-0.4, -0.2) is 17.1 Å². The third-order valence-electron chi connectivity index (χ3n) is 3.47. The number of ether oxygens (including phenoxy) is 2. The number of hydrogen-bond acceptors (Lipinski definition) is 3. The number of benzene rings is 2. The van der Waals surface area contributed by atoms with E-state index in [9.17, 15) is 0 Å². The average molecular weight is 373 g/mol. The molecule has 0 aliphatic rings. The molecule has 3 rings (SSSR count). The van der Waals surface area contributed by atoms with Crippen LogP contribution in [0.1, 0.15) is 11.4 Å². The van der Waals surface area contributed by atoms with Gasteiger partial charge in [-0.1, -0.05) is 28.1 Å². The minimum Gasteiger partial charge on any atom is -0.493 e. The molecule has 2 aromatic carbocycles. The molecule has 5 heteroatoms. The van der Waals surface area contributed by atoms with E-state index in [-0.39, 0.29) is 0 Å². The van der Waals surface area contributed by atoms with Gasteiger partial charge in [-0.3, -0.25) is 0 Å². The van der Waals surface area contributed by atoms with Crippen molar-refractivity contribution in [1.29, 1.82) is 0 Å². The van der Waals surface area contributed by atoms with Gasteiger partial charge < -0.3 is 14.5 Å². The summed E-state index contributed by atoms with van der Waals surface area (Å²) in [5.74, 6) is 2.18. The second-order valence-electron chi connectivity index (χ2n) is 5.11. The summed E-state index contributed by atoms with van der Waals surface area (Å²) in [5.41, 5.74) is 3.03. The van der Waals surface area contributed by atoms with Gasteiger partial charge in [0.15, 0.2) is 11.5 Å². The first-order valence-corrected chi connectivity index (χ1v) is 8.03. The maximum Gasteiger partial charge on any atom is 0.161 e. The SMILES string of the molecule is C=CCc1ccc(OCc2nc3ccc(Br)cc3[nH]2)c(OC)c1. The van der Waals surface area contributed by atoms with E-state index in [4.69, 9.17) is 9.47 Å². The number of fused-ring (bicyclic) bond motifs is 1. The zero-order valence-corrected chi connectivity index (χ0v) is 14.4. The number of aromatic nitrogens is 2. The molecule has 1 N–H and O–H groups in total. The Morgan fingerprint density at radius 3 is 2.87 bits per heavy atom. The Labute approximate surface area is 143 Å². The molecule has 4 nitrogen and oxygen atoms in total. The average Bonchev–Trinajstić information content (AvgIpc) is 2.95. The van der Waals surface area contributed by atoms with Gasteiger partial charge in [0.2, 0.25) is 0 Å². The van der Waals surface area contributed by atoms with Crippen molar-refractivity contribution in [1.82, 2.24) is 9.97 Å². The molecule has 0 atom stereocenters. The van der Waals surface area contributed by atoms with E-state index in [1.165, 1.54) is 0 Å². The Bertz CT molecular complexity index is 842. The van der Waals surface area contributed by atoms with Gasteiger partial charge >= 0.3 is 0 Å². The van der Waals surface area contributed by atoms with Gasteiger partial charge in [-0.2, -0.15) is 0 Å². The van der Waals surface area contributed by atoms with E-state index >= 15 is 0 Å². The molecule has 0 saturated carbocycles. The van der Waals surface area contributed by atoms with E-state index in [2.05, 4.69) is 32.5 Å². The monoisotopic (exact) mass is 372 g/mol. The number of nitrogens with zero attached hydrogens (tertiary/aromatic N) is 1. The van der Waals surface area contributed by atoms with Crippen molar-refractivity contribution >= 4 is 27.0 Å². The van der Waals surface area contributed by atoms with Crippen molar-refractivity contribution in [2.75, 3.05) is 7.11 Å². The van der Waals surface area contributed by atoms with Gasteiger partial charge in [-0.15, -0.1) is 6.58 Å². The normalized spacial score (nSPS) is 10.7. The second-order valence-corrected chi connectivity index (χ2v) is 6.03. The smallest absolute Gasteiger partial charge is 0.161 e. The lowest BCUT2D eigenvalue weighted by atomic mass is 10.1. The Morgan fingerprint density at radius 1 is 1.22 bits per heavy atom. The molecule has 0 aliphatic heterocycles. The maximum atomic E-state index is 5.85. The molecule has 0 amide bonds. The molecule has 118 valence electrons. The fourth-order valence-electron chi connectivity index (χ4n) is 2.37. The van der Waals surface area contributed by atoms with E-state index in [0.717, 1.165) is 33.3 Å². The van der Waals surface area contributed by atoms with E-state index in [1.807, 2.05) is 42.5 Å². The van der Waals surface area contributed by atoms with Crippen LogP contribution in [-0.2, 0) is 13.0 Å². The van der Waals surface area contributed by atoms with Crippen molar-refractivity contribution in [3.05, 3.63) is 64.9 Å². The van der Waals surface area contributed by atoms with Crippen LogP contribution in [0.3, 0.4) is 0 Å². The number of H-pyrrole nitrogens is 1. The molecule has 0 saturated heterocycles. The van der Waals surface area contributed by atoms with Crippen LogP contribution in [0.25, 0.3) is 11.0 Å². The Hall–Kier alpha value is -2.27. The fraction of sp³-hybridized carbons (Fsp3) is 0.167. The van der Waals surface area contributed by atoms with Gasteiger partial charge in [0.25, 0.3) is 0 Å². The lowest BCUT2D eigenvalue weighted by Gasteiger charge is -2.10. The third kappa shape index (κ3) is 3.56. The number of halogens is 1. The predicted octanol–water partition coefficient (Wildman–Crippen LogP) is 4.64. The summed E-state index contributed by atoms with van der Waals surface area (Å²) < 4.78 is 12.3. The largest absolute Gasteiger partial charge is 0.493 e. The summed E-state index contributed by atoms with van der Waals surface area (Å²) in [6, 6.07) is 11.8. The molecule has 0 aliphatic carbocycles. The predicted molar refractivity (Wildman–Crippen MR) is 95.0 cm³/mol. The van der Waals surface area contributed by atoms with Gasteiger partial charge in [0, 0.05) is 4.47 Å². The zero-order chi connectivity index (χ0) is 16.2. The highest BCUT2D eigenvalue weighted by Gasteiger charge is 2.08. The van der Waals surface area contributed by atoms with Crippen LogP contribution in [0, 0.1) is 0 Å². The molecule has 1 heterocycles. The molecule has 0 spiro atoms. The van der Waals surface area contributed by atoms with Crippen LogP contribution in [0.2, 0.25) is 0 Å². The van der Waals surface area contributed by atoms with E-state index in [0.29, 0.717) is 18.1 Å². The van der Waals surface area contributed by atoms with E-state index in [1.54, 1.807) is 7.11 Å². The molecule has 0 unspecified atom stereocenters. The van der Waals surface area contributed by atoms with E-state index < -0.39 is 0 Å². The topological polar surface area (TPSA) is 47.1 Å². The highest BCUT2D eigenvalue weighted by molar-refractivity contribution is 9.10. The van der Waals surface area contributed by atoms with Crippen molar-refractivity contribution in [3.63, 3.8) is 0 Å². The second kappa shape index (κ2) is 6.87. The number of nitrogens with one attached hydrogen (secondary N) is 1.